The SMILES string of the molecule is N#CCCN(C(=O)CCC(=O)Nc1cc(Br)c[nH]c1=O)c1ccccc1. The van der Waals surface area contributed by atoms with E-state index < -0.39 is 11.5 Å². The highest BCUT2D eigenvalue weighted by molar-refractivity contribution is 9.10. The molecule has 2 amide bonds. The van der Waals surface area contributed by atoms with Crippen LogP contribution in [0.25, 0.3) is 0 Å². The number of H-pyrrole nitrogens is 1. The van der Waals surface area contributed by atoms with Crippen molar-refractivity contribution < 1.29 is 9.59 Å². The number of aromatic amines is 1. The highest BCUT2D eigenvalue weighted by atomic mass is 79.9. The van der Waals surface area contributed by atoms with E-state index in [1.807, 2.05) is 12.1 Å². The van der Waals surface area contributed by atoms with E-state index in [4.69, 9.17) is 5.26 Å². The smallest absolute Gasteiger partial charge is 0.271 e. The topological polar surface area (TPSA) is 106 Å². The minimum atomic E-state index is -0.435. The predicted molar refractivity (Wildman–Crippen MR) is 102 cm³/mol. The molecule has 0 fully saturated rings. The van der Waals surface area contributed by atoms with Gasteiger partial charge in [0.05, 0.1) is 12.5 Å². The zero-order valence-corrected chi connectivity index (χ0v) is 15.5. The molecule has 1 aromatic carbocycles. The summed E-state index contributed by atoms with van der Waals surface area (Å²) in [6.45, 7) is 0.256. The van der Waals surface area contributed by atoms with Crippen molar-refractivity contribution in [1.82, 2.24) is 4.98 Å². The maximum atomic E-state index is 12.5. The van der Waals surface area contributed by atoms with Crippen molar-refractivity contribution in [3.8, 4) is 6.07 Å². The first-order valence-corrected chi connectivity index (χ1v) is 8.71. The number of nitrogens with one attached hydrogen (secondary N) is 2. The van der Waals surface area contributed by atoms with E-state index in [-0.39, 0.29) is 37.4 Å². The Kier molecular flexibility index (Phi) is 7.12. The third-order valence-corrected chi connectivity index (χ3v) is 3.98. The lowest BCUT2D eigenvalue weighted by molar-refractivity contribution is -0.122. The van der Waals surface area contributed by atoms with Gasteiger partial charge in [0.2, 0.25) is 11.8 Å². The fourth-order valence-corrected chi connectivity index (χ4v) is 2.63. The number of halogens is 1. The van der Waals surface area contributed by atoms with Crippen LogP contribution >= 0.6 is 15.9 Å². The second kappa shape index (κ2) is 9.53. The number of hydrogen-bond donors (Lipinski definition) is 2. The molecule has 0 atom stereocenters. The number of anilines is 2. The molecule has 0 saturated heterocycles. The van der Waals surface area contributed by atoms with Crippen LogP contribution in [0, 0.1) is 11.3 Å². The second-order valence-corrected chi connectivity index (χ2v) is 6.31. The molecule has 7 nitrogen and oxygen atoms in total. The van der Waals surface area contributed by atoms with Gasteiger partial charge < -0.3 is 15.2 Å². The number of rotatable bonds is 7. The molecular weight excluding hydrogens is 400 g/mol. The summed E-state index contributed by atoms with van der Waals surface area (Å²) in [5, 5.41) is 11.3. The summed E-state index contributed by atoms with van der Waals surface area (Å²) >= 11 is 3.21. The number of para-hydroxylation sites is 1. The van der Waals surface area contributed by atoms with Gasteiger partial charge in [-0.1, -0.05) is 18.2 Å². The van der Waals surface area contributed by atoms with Gasteiger partial charge in [0, 0.05) is 35.7 Å². The molecule has 0 saturated carbocycles. The predicted octanol–water partition coefficient (Wildman–Crippen LogP) is 2.80. The number of hydrogen-bond acceptors (Lipinski definition) is 4. The molecular formula is C18H17BrN4O3. The molecule has 26 heavy (non-hydrogen) atoms. The molecule has 0 unspecified atom stereocenters. The van der Waals surface area contributed by atoms with Gasteiger partial charge in [0.25, 0.3) is 5.56 Å². The molecule has 0 bridgehead atoms. The standard InChI is InChI=1S/C18H17BrN4O3/c19-13-11-15(18(26)21-12-13)22-16(24)7-8-17(25)23(10-4-9-20)14-5-2-1-3-6-14/h1-3,5-6,11-12H,4,7-8,10H2,(H,21,26)(H,22,24). The number of nitrogens with zero attached hydrogens (tertiary/aromatic N) is 2. The highest BCUT2D eigenvalue weighted by Gasteiger charge is 2.17. The van der Waals surface area contributed by atoms with Crippen molar-refractivity contribution in [2.45, 2.75) is 19.3 Å². The number of benzene rings is 1. The summed E-state index contributed by atoms with van der Waals surface area (Å²) in [6, 6.07) is 12.5. The van der Waals surface area contributed by atoms with Crippen LogP contribution in [0.3, 0.4) is 0 Å². The molecule has 2 aromatic rings. The maximum absolute atomic E-state index is 12.5. The average Bonchev–Trinajstić information content (AvgIpc) is 2.64. The average molecular weight is 417 g/mol. The van der Waals surface area contributed by atoms with Gasteiger partial charge in [-0.3, -0.25) is 14.4 Å². The van der Waals surface area contributed by atoms with Gasteiger partial charge in [-0.15, -0.1) is 0 Å². The first kappa shape index (κ1) is 19.4. The Morgan fingerprint density at radius 3 is 2.65 bits per heavy atom. The normalized spacial score (nSPS) is 10.0. The molecule has 0 radical (unpaired) electrons. The Morgan fingerprint density at radius 2 is 1.96 bits per heavy atom. The lowest BCUT2D eigenvalue weighted by Crippen LogP contribution is -2.32. The Hall–Kier alpha value is -2.92. The molecule has 134 valence electrons. The monoisotopic (exact) mass is 416 g/mol. The van der Waals surface area contributed by atoms with E-state index in [9.17, 15) is 14.4 Å². The molecule has 0 aliphatic carbocycles. The maximum Gasteiger partial charge on any atom is 0.271 e. The summed E-state index contributed by atoms with van der Waals surface area (Å²) in [5.74, 6) is -0.694. The fourth-order valence-electron chi connectivity index (χ4n) is 2.29. The van der Waals surface area contributed by atoms with Crippen LogP contribution in [-0.2, 0) is 9.59 Å². The zero-order valence-electron chi connectivity index (χ0n) is 13.9. The van der Waals surface area contributed by atoms with Crippen LogP contribution in [0.1, 0.15) is 19.3 Å². The van der Waals surface area contributed by atoms with E-state index in [1.165, 1.54) is 17.2 Å². The van der Waals surface area contributed by atoms with Gasteiger partial charge in [-0.25, -0.2) is 0 Å². The molecule has 0 aliphatic heterocycles. The number of pyridine rings is 1. The number of carbonyl (C=O) groups is 2. The van der Waals surface area contributed by atoms with Crippen molar-refractivity contribution in [3.63, 3.8) is 0 Å². The second-order valence-electron chi connectivity index (χ2n) is 5.40. The summed E-state index contributed by atoms with van der Waals surface area (Å²) < 4.78 is 0.621. The minimum absolute atomic E-state index is 0.0297. The molecule has 1 aromatic heterocycles. The number of carbonyl (C=O) groups excluding carboxylic acids is 2. The van der Waals surface area contributed by atoms with Crippen LogP contribution in [0.15, 0.2) is 51.9 Å². The van der Waals surface area contributed by atoms with Crippen molar-refractivity contribution in [3.05, 3.63) is 57.4 Å². The van der Waals surface area contributed by atoms with E-state index in [0.717, 1.165) is 0 Å². The van der Waals surface area contributed by atoms with E-state index in [1.54, 1.807) is 24.3 Å². The van der Waals surface area contributed by atoms with Gasteiger partial charge in [-0.05, 0) is 34.1 Å². The van der Waals surface area contributed by atoms with Crippen LogP contribution in [0.2, 0.25) is 0 Å². The molecule has 2 N–H and O–H groups in total. The third-order valence-electron chi connectivity index (χ3n) is 3.52. The first-order chi connectivity index (χ1) is 12.5. The molecule has 0 aliphatic rings. The van der Waals surface area contributed by atoms with E-state index in [0.29, 0.717) is 10.2 Å². The number of amides is 2. The van der Waals surface area contributed by atoms with Gasteiger partial charge in [-0.2, -0.15) is 5.26 Å². The Balaban J connectivity index is 1.98. The molecule has 0 spiro atoms. The Labute approximate surface area is 158 Å². The summed E-state index contributed by atoms with van der Waals surface area (Å²) in [7, 11) is 0. The van der Waals surface area contributed by atoms with Gasteiger partial charge >= 0.3 is 0 Å². The van der Waals surface area contributed by atoms with Crippen LogP contribution in [0.4, 0.5) is 11.4 Å². The third kappa shape index (κ3) is 5.57. The fraction of sp³-hybridized carbons (Fsp3) is 0.222. The lowest BCUT2D eigenvalue weighted by atomic mass is 10.2. The van der Waals surface area contributed by atoms with Crippen molar-refractivity contribution >= 4 is 39.1 Å². The highest BCUT2D eigenvalue weighted by Crippen LogP contribution is 2.16. The Bertz CT molecular complexity index is 874. The Morgan fingerprint density at radius 1 is 1.23 bits per heavy atom. The zero-order chi connectivity index (χ0) is 18.9. The van der Waals surface area contributed by atoms with Crippen molar-refractivity contribution in [2.24, 2.45) is 0 Å². The molecule has 1 heterocycles. The van der Waals surface area contributed by atoms with Crippen LogP contribution < -0.4 is 15.8 Å². The summed E-state index contributed by atoms with van der Waals surface area (Å²) in [6.07, 6.45) is 1.56. The summed E-state index contributed by atoms with van der Waals surface area (Å²) in [5.41, 5.74) is 0.366. The largest absolute Gasteiger partial charge is 0.326 e. The van der Waals surface area contributed by atoms with Crippen molar-refractivity contribution in [1.29, 1.82) is 5.26 Å². The van der Waals surface area contributed by atoms with E-state index >= 15 is 0 Å². The van der Waals surface area contributed by atoms with Gasteiger partial charge in [0.1, 0.15) is 5.69 Å². The quantitative estimate of drug-likeness (QED) is 0.723. The van der Waals surface area contributed by atoms with Crippen LogP contribution in [0.5, 0.6) is 0 Å². The van der Waals surface area contributed by atoms with Gasteiger partial charge in [0.15, 0.2) is 0 Å². The number of aromatic nitrogens is 1. The minimum Gasteiger partial charge on any atom is -0.326 e. The first-order valence-electron chi connectivity index (χ1n) is 7.91. The lowest BCUT2D eigenvalue weighted by Gasteiger charge is -2.21. The van der Waals surface area contributed by atoms with Crippen LogP contribution in [-0.4, -0.2) is 23.3 Å². The number of nitriles is 1. The van der Waals surface area contributed by atoms with E-state index in [2.05, 4.69) is 26.2 Å². The van der Waals surface area contributed by atoms with Crippen molar-refractivity contribution in [2.75, 3.05) is 16.8 Å². The summed E-state index contributed by atoms with van der Waals surface area (Å²) in [4.78, 5) is 40.2. The molecule has 2 rings (SSSR count). The molecule has 8 heteroatoms.